The van der Waals surface area contributed by atoms with Crippen molar-refractivity contribution in [2.45, 2.75) is 149 Å². The number of unbranched alkanes of at least 4 members (excludes halogenated alkanes) is 1. The van der Waals surface area contributed by atoms with E-state index in [1.807, 2.05) is 65.8 Å². The standard InChI is InChI=1S/C36H57N5O7/c1-34(2,3)46-26-20-18-24(19-21-26)23-28(38-29(42)25-15-11-10-12-16-25)31-41-40-30(45-31)27(39-33(44)48-36(7,8)9)17-13-14-22-37-32(43)47-35(4,5)6/h18-21,25,27-28H,10-17,22-23H2,1-9H3,(H,37,43)(H,38,42)(H,39,44)/t27-,28-/m0/s1. The molecular formula is C36H57N5O7. The Balaban J connectivity index is 1.78. The molecule has 3 amide bonds. The number of ether oxygens (including phenoxy) is 3. The summed E-state index contributed by atoms with van der Waals surface area (Å²) in [5.41, 5.74) is -0.643. The van der Waals surface area contributed by atoms with Gasteiger partial charge in [-0.1, -0.05) is 31.4 Å². The Morgan fingerprint density at radius 3 is 1.94 bits per heavy atom. The molecule has 1 aliphatic rings. The van der Waals surface area contributed by atoms with Gasteiger partial charge in [0.15, 0.2) is 0 Å². The molecule has 0 saturated heterocycles. The fourth-order valence-electron chi connectivity index (χ4n) is 5.35. The lowest BCUT2D eigenvalue weighted by molar-refractivity contribution is -0.126. The number of nitrogens with one attached hydrogen (secondary N) is 3. The van der Waals surface area contributed by atoms with Gasteiger partial charge in [0.1, 0.15) is 34.6 Å². The van der Waals surface area contributed by atoms with Crippen molar-refractivity contribution >= 4 is 18.1 Å². The predicted octanol–water partition coefficient (Wildman–Crippen LogP) is 7.49. The van der Waals surface area contributed by atoms with Gasteiger partial charge in [-0.3, -0.25) is 4.79 Å². The highest BCUT2D eigenvalue weighted by Gasteiger charge is 2.30. The normalized spacial score (nSPS) is 15.6. The molecule has 1 aromatic heterocycles. The molecule has 3 rings (SSSR count). The minimum Gasteiger partial charge on any atom is -0.488 e. The minimum atomic E-state index is -0.700. The molecule has 2 aromatic rings. The summed E-state index contributed by atoms with van der Waals surface area (Å²) in [5, 5.41) is 17.5. The van der Waals surface area contributed by atoms with Crippen LogP contribution < -0.4 is 20.7 Å². The van der Waals surface area contributed by atoms with Gasteiger partial charge in [-0.15, -0.1) is 10.2 Å². The third-order valence-corrected chi connectivity index (χ3v) is 7.41. The van der Waals surface area contributed by atoms with Crippen LogP contribution in [0.15, 0.2) is 28.7 Å². The summed E-state index contributed by atoms with van der Waals surface area (Å²) in [6.07, 6.45) is 5.97. The van der Waals surface area contributed by atoms with Crippen LogP contribution in [0.25, 0.3) is 0 Å². The molecule has 1 heterocycles. The van der Waals surface area contributed by atoms with E-state index in [9.17, 15) is 14.4 Å². The van der Waals surface area contributed by atoms with E-state index in [1.165, 1.54) is 0 Å². The van der Waals surface area contributed by atoms with Crippen molar-refractivity contribution in [2.75, 3.05) is 6.54 Å². The Hall–Kier alpha value is -3.83. The molecule has 0 spiro atoms. The molecule has 12 nitrogen and oxygen atoms in total. The van der Waals surface area contributed by atoms with E-state index in [4.69, 9.17) is 18.6 Å². The lowest BCUT2D eigenvalue weighted by atomic mass is 9.88. The zero-order chi connectivity index (χ0) is 35.5. The molecule has 3 N–H and O–H groups in total. The minimum absolute atomic E-state index is 0.0203. The summed E-state index contributed by atoms with van der Waals surface area (Å²) in [6, 6.07) is 6.55. The summed E-state index contributed by atoms with van der Waals surface area (Å²) in [7, 11) is 0. The molecule has 1 saturated carbocycles. The Morgan fingerprint density at radius 1 is 0.771 bits per heavy atom. The van der Waals surface area contributed by atoms with Crippen molar-refractivity contribution in [1.82, 2.24) is 26.1 Å². The number of amides is 3. The first-order valence-electron chi connectivity index (χ1n) is 17.2. The smallest absolute Gasteiger partial charge is 0.408 e. The van der Waals surface area contributed by atoms with Gasteiger partial charge < -0.3 is 34.6 Å². The van der Waals surface area contributed by atoms with Gasteiger partial charge in [0.2, 0.25) is 17.7 Å². The first kappa shape index (κ1) is 38.6. The number of rotatable bonds is 13. The molecule has 1 aliphatic carbocycles. The molecule has 1 aromatic carbocycles. The average Bonchev–Trinajstić information content (AvgIpc) is 3.45. The van der Waals surface area contributed by atoms with Crippen LogP contribution in [0, 0.1) is 5.92 Å². The van der Waals surface area contributed by atoms with Crippen molar-refractivity contribution in [2.24, 2.45) is 5.92 Å². The fraction of sp³-hybridized carbons (Fsp3) is 0.694. The molecule has 0 bridgehead atoms. The molecule has 268 valence electrons. The lowest BCUT2D eigenvalue weighted by Gasteiger charge is -2.24. The zero-order valence-corrected chi connectivity index (χ0v) is 30.4. The first-order chi connectivity index (χ1) is 22.4. The average molecular weight is 672 g/mol. The summed E-state index contributed by atoms with van der Waals surface area (Å²) >= 11 is 0. The topological polar surface area (TPSA) is 154 Å². The Labute approximate surface area is 285 Å². The summed E-state index contributed by atoms with van der Waals surface area (Å²) in [6.45, 7) is 17.2. The number of carbonyl (C=O) groups excluding carboxylic acids is 3. The van der Waals surface area contributed by atoms with E-state index in [1.54, 1.807) is 20.8 Å². The highest BCUT2D eigenvalue weighted by atomic mass is 16.6. The van der Waals surface area contributed by atoms with E-state index < -0.39 is 35.5 Å². The molecule has 1 fully saturated rings. The van der Waals surface area contributed by atoms with Gasteiger partial charge in [-0.25, -0.2) is 9.59 Å². The maximum Gasteiger partial charge on any atom is 0.408 e. The number of hydrogen-bond acceptors (Lipinski definition) is 9. The van der Waals surface area contributed by atoms with E-state index in [0.29, 0.717) is 32.2 Å². The molecule has 12 heteroatoms. The van der Waals surface area contributed by atoms with E-state index in [0.717, 1.165) is 43.4 Å². The first-order valence-corrected chi connectivity index (χ1v) is 17.2. The Kier molecular flexibility index (Phi) is 13.7. The fourth-order valence-corrected chi connectivity index (χ4v) is 5.35. The number of carbonyl (C=O) groups is 3. The Bertz CT molecular complexity index is 1320. The Morgan fingerprint density at radius 2 is 1.35 bits per heavy atom. The van der Waals surface area contributed by atoms with Crippen LogP contribution in [0.1, 0.15) is 143 Å². The van der Waals surface area contributed by atoms with E-state index >= 15 is 0 Å². The molecule has 2 atom stereocenters. The molecule has 0 unspecified atom stereocenters. The van der Waals surface area contributed by atoms with Crippen LogP contribution in [-0.4, -0.2) is 51.6 Å². The van der Waals surface area contributed by atoms with E-state index in [-0.39, 0.29) is 29.2 Å². The van der Waals surface area contributed by atoms with Crippen LogP contribution >= 0.6 is 0 Å². The maximum absolute atomic E-state index is 13.4. The van der Waals surface area contributed by atoms with Gasteiger partial charge in [0.05, 0.1) is 0 Å². The molecule has 0 radical (unpaired) electrons. The van der Waals surface area contributed by atoms with Gasteiger partial charge >= 0.3 is 12.2 Å². The SMILES string of the molecule is CC(C)(C)OC(=O)NCCCC[C@H](NC(=O)OC(C)(C)C)c1nnc([C@H](Cc2ccc(OC(C)(C)C)cc2)NC(=O)C2CCCCC2)o1. The van der Waals surface area contributed by atoms with Crippen molar-refractivity contribution in [3.05, 3.63) is 41.6 Å². The van der Waals surface area contributed by atoms with Crippen molar-refractivity contribution in [1.29, 1.82) is 0 Å². The second-order valence-electron chi connectivity index (χ2n) is 15.6. The van der Waals surface area contributed by atoms with Crippen molar-refractivity contribution < 1.29 is 33.0 Å². The largest absolute Gasteiger partial charge is 0.488 e. The summed E-state index contributed by atoms with van der Waals surface area (Å²) in [4.78, 5) is 38.2. The lowest BCUT2D eigenvalue weighted by Crippen LogP contribution is -2.36. The number of nitrogens with zero attached hydrogens (tertiary/aromatic N) is 2. The molecular weight excluding hydrogens is 614 g/mol. The zero-order valence-electron chi connectivity index (χ0n) is 30.4. The number of alkyl carbamates (subject to hydrolysis) is 2. The van der Waals surface area contributed by atoms with Crippen LogP contribution in [-0.2, 0) is 20.7 Å². The van der Waals surface area contributed by atoms with Gasteiger partial charge in [0, 0.05) is 18.9 Å². The third kappa shape index (κ3) is 14.5. The van der Waals surface area contributed by atoms with Gasteiger partial charge in [-0.05, 0) is 112 Å². The second kappa shape index (κ2) is 17.0. The van der Waals surface area contributed by atoms with Crippen LogP contribution in [0.5, 0.6) is 5.75 Å². The summed E-state index contributed by atoms with van der Waals surface area (Å²) < 4.78 is 23.0. The quantitative estimate of drug-likeness (QED) is 0.184. The number of benzene rings is 1. The second-order valence-corrected chi connectivity index (χ2v) is 15.6. The molecule has 48 heavy (non-hydrogen) atoms. The van der Waals surface area contributed by atoms with Crippen LogP contribution in [0.2, 0.25) is 0 Å². The number of aromatic nitrogens is 2. The van der Waals surface area contributed by atoms with E-state index in [2.05, 4.69) is 26.1 Å². The van der Waals surface area contributed by atoms with Gasteiger partial charge in [0.25, 0.3) is 0 Å². The monoisotopic (exact) mass is 671 g/mol. The van der Waals surface area contributed by atoms with Crippen LogP contribution in [0.4, 0.5) is 9.59 Å². The van der Waals surface area contributed by atoms with Crippen molar-refractivity contribution in [3.63, 3.8) is 0 Å². The summed E-state index contributed by atoms with van der Waals surface area (Å²) in [5.74, 6) is 1.15. The van der Waals surface area contributed by atoms with Crippen molar-refractivity contribution in [3.8, 4) is 5.75 Å². The third-order valence-electron chi connectivity index (χ3n) is 7.41. The van der Waals surface area contributed by atoms with Gasteiger partial charge in [-0.2, -0.15) is 0 Å². The highest BCUT2D eigenvalue weighted by Crippen LogP contribution is 2.28. The number of hydrogen-bond donors (Lipinski definition) is 3. The molecule has 0 aliphatic heterocycles. The maximum atomic E-state index is 13.4. The highest BCUT2D eigenvalue weighted by molar-refractivity contribution is 5.79. The van der Waals surface area contributed by atoms with Crippen LogP contribution in [0.3, 0.4) is 0 Å². The predicted molar refractivity (Wildman–Crippen MR) is 182 cm³/mol.